The second-order valence-electron chi connectivity index (χ2n) is 6.52. The monoisotopic (exact) mass is 399 g/mol. The van der Waals surface area contributed by atoms with Crippen LogP contribution in [0.15, 0.2) is 23.2 Å². The van der Waals surface area contributed by atoms with E-state index < -0.39 is 0 Å². The van der Waals surface area contributed by atoms with Crippen molar-refractivity contribution >= 4 is 44.9 Å². The van der Waals surface area contributed by atoms with Crippen molar-refractivity contribution in [3.05, 3.63) is 34.5 Å². The molecule has 0 unspecified atom stereocenters. The lowest BCUT2D eigenvalue weighted by atomic mass is 10.2. The number of hydrogen-bond donors (Lipinski definition) is 1. The number of amides is 1. The molecule has 2 aliphatic rings. The molecule has 0 saturated heterocycles. The number of aryl methyl sites for hydroxylation is 3. The summed E-state index contributed by atoms with van der Waals surface area (Å²) < 4.78 is 10.6. The number of fused-ring (bicyclic) bond motifs is 4. The normalized spacial score (nSPS) is 14.6. The molecule has 8 heteroatoms. The number of nitrogens with zero attached hydrogens (tertiary/aromatic N) is 2. The topological polar surface area (TPSA) is 73.3 Å². The largest absolute Gasteiger partial charge is 0.454 e. The van der Waals surface area contributed by atoms with E-state index in [1.807, 2.05) is 13.0 Å². The van der Waals surface area contributed by atoms with Crippen molar-refractivity contribution in [1.82, 2.24) is 9.97 Å². The Bertz CT molecular complexity index is 1060. The van der Waals surface area contributed by atoms with Crippen LogP contribution in [0.2, 0.25) is 0 Å². The molecular formula is C19H17N3O3S2. The fourth-order valence-electron chi connectivity index (χ4n) is 3.47. The van der Waals surface area contributed by atoms with Gasteiger partial charge in [0, 0.05) is 22.0 Å². The summed E-state index contributed by atoms with van der Waals surface area (Å²) in [5.41, 5.74) is 2.08. The number of thioether (sulfide) groups is 1. The van der Waals surface area contributed by atoms with Crippen LogP contribution < -0.4 is 14.8 Å². The molecular weight excluding hydrogens is 382 g/mol. The first kappa shape index (κ1) is 16.8. The van der Waals surface area contributed by atoms with Gasteiger partial charge in [0.05, 0.1) is 5.75 Å². The maximum Gasteiger partial charge on any atom is 0.234 e. The summed E-state index contributed by atoms with van der Waals surface area (Å²) in [4.78, 5) is 24.1. The molecule has 1 N–H and O–H groups in total. The molecule has 0 atom stereocenters. The predicted molar refractivity (Wildman–Crippen MR) is 106 cm³/mol. The first-order valence-electron chi connectivity index (χ1n) is 8.78. The van der Waals surface area contributed by atoms with Gasteiger partial charge in [-0.25, -0.2) is 9.97 Å². The highest BCUT2D eigenvalue weighted by atomic mass is 32.2. The Kier molecular flexibility index (Phi) is 4.17. The van der Waals surface area contributed by atoms with Gasteiger partial charge in [0.15, 0.2) is 11.5 Å². The number of anilines is 1. The lowest BCUT2D eigenvalue weighted by Crippen LogP contribution is -2.14. The molecule has 5 rings (SSSR count). The lowest BCUT2D eigenvalue weighted by molar-refractivity contribution is -0.113. The second-order valence-corrected chi connectivity index (χ2v) is 8.57. The van der Waals surface area contributed by atoms with Gasteiger partial charge in [-0.05, 0) is 43.9 Å². The van der Waals surface area contributed by atoms with E-state index in [0.29, 0.717) is 22.9 Å². The van der Waals surface area contributed by atoms with Crippen LogP contribution >= 0.6 is 23.1 Å². The van der Waals surface area contributed by atoms with Crippen LogP contribution in [-0.2, 0) is 17.6 Å². The van der Waals surface area contributed by atoms with Crippen molar-refractivity contribution in [2.75, 3.05) is 17.9 Å². The standard InChI is InChI=1S/C19H17N3O3S2/c1-10-20-18(17-12-3-2-4-15(12)27-19(17)21-10)26-8-16(23)22-11-5-6-13-14(7-11)25-9-24-13/h5-7H,2-4,8-9H2,1H3,(H,22,23). The van der Waals surface area contributed by atoms with Crippen molar-refractivity contribution < 1.29 is 14.3 Å². The van der Waals surface area contributed by atoms with Crippen molar-refractivity contribution in [2.24, 2.45) is 0 Å². The zero-order valence-corrected chi connectivity index (χ0v) is 16.3. The molecule has 3 heterocycles. The Morgan fingerprint density at radius 1 is 1.26 bits per heavy atom. The van der Waals surface area contributed by atoms with Crippen LogP contribution in [0, 0.1) is 6.92 Å². The number of benzene rings is 1. The molecule has 0 spiro atoms. The third-order valence-corrected chi connectivity index (χ3v) is 6.80. The number of carbonyl (C=O) groups is 1. The number of ether oxygens (including phenoxy) is 2. The Morgan fingerprint density at radius 2 is 2.15 bits per heavy atom. The Hall–Kier alpha value is -2.32. The van der Waals surface area contributed by atoms with E-state index in [-0.39, 0.29) is 12.7 Å². The van der Waals surface area contributed by atoms with Crippen LogP contribution in [0.4, 0.5) is 5.69 Å². The number of aromatic nitrogens is 2. The molecule has 138 valence electrons. The van der Waals surface area contributed by atoms with Gasteiger partial charge in [0.2, 0.25) is 12.7 Å². The molecule has 0 bridgehead atoms. The maximum absolute atomic E-state index is 12.4. The summed E-state index contributed by atoms with van der Waals surface area (Å²) >= 11 is 3.25. The highest BCUT2D eigenvalue weighted by Crippen LogP contribution is 2.40. The van der Waals surface area contributed by atoms with Gasteiger partial charge in [-0.3, -0.25) is 4.79 Å². The van der Waals surface area contributed by atoms with E-state index in [2.05, 4.69) is 15.3 Å². The van der Waals surface area contributed by atoms with Gasteiger partial charge >= 0.3 is 0 Å². The molecule has 1 aliphatic carbocycles. The van der Waals surface area contributed by atoms with Crippen molar-refractivity contribution in [2.45, 2.75) is 31.2 Å². The second kappa shape index (κ2) is 6.69. The molecule has 0 fully saturated rings. The van der Waals surface area contributed by atoms with Crippen molar-refractivity contribution in [1.29, 1.82) is 0 Å². The summed E-state index contributed by atoms with van der Waals surface area (Å²) in [7, 11) is 0. The predicted octanol–water partition coefficient (Wildman–Crippen LogP) is 3.95. The summed E-state index contributed by atoms with van der Waals surface area (Å²) in [5, 5.41) is 4.98. The van der Waals surface area contributed by atoms with Crippen LogP contribution in [0.1, 0.15) is 22.7 Å². The SMILES string of the molecule is Cc1nc(SCC(=O)Nc2ccc3c(c2)OCO3)c2c3c(sc2n1)CCC3. The van der Waals surface area contributed by atoms with E-state index in [9.17, 15) is 4.79 Å². The van der Waals surface area contributed by atoms with Crippen molar-refractivity contribution in [3.8, 4) is 11.5 Å². The number of nitrogens with one attached hydrogen (secondary N) is 1. The van der Waals surface area contributed by atoms with Crippen molar-refractivity contribution in [3.63, 3.8) is 0 Å². The molecule has 0 saturated carbocycles. The Morgan fingerprint density at radius 3 is 3.07 bits per heavy atom. The van der Waals surface area contributed by atoms with E-state index >= 15 is 0 Å². The van der Waals surface area contributed by atoms with E-state index in [1.54, 1.807) is 23.5 Å². The summed E-state index contributed by atoms with van der Waals surface area (Å²) in [6, 6.07) is 5.40. The molecule has 6 nitrogen and oxygen atoms in total. The minimum atomic E-state index is -0.0739. The quantitative estimate of drug-likeness (QED) is 0.529. The molecule has 1 aliphatic heterocycles. The van der Waals surface area contributed by atoms with Gasteiger partial charge in [-0.2, -0.15) is 0 Å². The van der Waals surface area contributed by atoms with E-state index in [0.717, 1.165) is 33.9 Å². The number of rotatable bonds is 4. The van der Waals surface area contributed by atoms with Gasteiger partial charge in [0.25, 0.3) is 0 Å². The molecule has 3 aromatic rings. The Labute approximate surface area is 164 Å². The van der Waals surface area contributed by atoms with Crippen LogP contribution in [0.5, 0.6) is 11.5 Å². The fraction of sp³-hybridized carbons (Fsp3) is 0.316. The average molecular weight is 399 g/mol. The zero-order valence-electron chi connectivity index (χ0n) is 14.7. The third kappa shape index (κ3) is 3.12. The van der Waals surface area contributed by atoms with Gasteiger partial charge in [0.1, 0.15) is 15.7 Å². The first-order valence-corrected chi connectivity index (χ1v) is 10.6. The zero-order chi connectivity index (χ0) is 18.4. The van der Waals surface area contributed by atoms with Gasteiger partial charge in [-0.1, -0.05) is 11.8 Å². The van der Waals surface area contributed by atoms with E-state index in [4.69, 9.17) is 9.47 Å². The Balaban J connectivity index is 1.33. The van der Waals surface area contributed by atoms with Crippen LogP contribution in [0.25, 0.3) is 10.2 Å². The summed E-state index contributed by atoms with van der Waals surface area (Å²) in [6.45, 7) is 2.12. The third-order valence-electron chi connectivity index (χ3n) is 4.64. The van der Waals surface area contributed by atoms with Gasteiger partial charge < -0.3 is 14.8 Å². The lowest BCUT2D eigenvalue weighted by Gasteiger charge is -2.07. The smallest absolute Gasteiger partial charge is 0.234 e. The molecule has 27 heavy (non-hydrogen) atoms. The molecule has 1 aromatic carbocycles. The molecule has 0 radical (unpaired) electrons. The maximum atomic E-state index is 12.4. The van der Waals surface area contributed by atoms with E-state index in [1.165, 1.54) is 28.6 Å². The minimum absolute atomic E-state index is 0.0739. The number of thiophene rings is 1. The number of hydrogen-bond acceptors (Lipinski definition) is 7. The van der Waals surface area contributed by atoms with Crippen LogP contribution in [-0.4, -0.2) is 28.4 Å². The molecule has 1 amide bonds. The highest BCUT2D eigenvalue weighted by molar-refractivity contribution is 8.00. The summed E-state index contributed by atoms with van der Waals surface area (Å²) in [5.74, 6) is 2.33. The molecule has 2 aromatic heterocycles. The first-order chi connectivity index (χ1) is 13.2. The highest BCUT2D eigenvalue weighted by Gasteiger charge is 2.22. The van der Waals surface area contributed by atoms with Gasteiger partial charge in [-0.15, -0.1) is 11.3 Å². The fourth-order valence-corrected chi connectivity index (χ4v) is 5.75. The minimum Gasteiger partial charge on any atom is -0.454 e. The summed E-state index contributed by atoms with van der Waals surface area (Å²) in [6.07, 6.45) is 3.41. The number of carbonyl (C=O) groups excluding carboxylic acids is 1. The average Bonchev–Trinajstić information content (AvgIpc) is 3.34. The van der Waals surface area contributed by atoms with Crippen LogP contribution in [0.3, 0.4) is 0 Å².